The van der Waals surface area contributed by atoms with E-state index in [1.54, 1.807) is 24.1 Å². The highest BCUT2D eigenvalue weighted by molar-refractivity contribution is 5.05. The highest BCUT2D eigenvalue weighted by Crippen LogP contribution is 2.13. The molecule has 1 N–H and O–H groups in total. The molecule has 0 aromatic carbocycles. The fourth-order valence-electron chi connectivity index (χ4n) is 1.36. The third kappa shape index (κ3) is 2.22. The minimum Gasteiger partial charge on any atom is -0.386 e. The van der Waals surface area contributed by atoms with E-state index in [2.05, 4.69) is 20.1 Å². The van der Waals surface area contributed by atoms with Crippen LogP contribution in [0.1, 0.15) is 23.3 Å². The van der Waals surface area contributed by atoms with Gasteiger partial charge < -0.3 is 5.11 Å². The van der Waals surface area contributed by atoms with Gasteiger partial charge in [-0.2, -0.15) is 5.10 Å². The predicted octanol–water partition coefficient (Wildman–Crippen LogP) is 0.190. The van der Waals surface area contributed by atoms with Gasteiger partial charge in [-0.05, 0) is 6.92 Å². The maximum Gasteiger partial charge on any atom is 0.138 e. The zero-order valence-electron chi connectivity index (χ0n) is 9.20. The number of aliphatic hydroxyl groups excluding tert-OH is 1. The van der Waals surface area contributed by atoms with Gasteiger partial charge in [0.1, 0.15) is 18.3 Å². The number of hydrogen-bond acceptors (Lipinski definition) is 5. The second-order valence-corrected chi connectivity index (χ2v) is 3.60. The van der Waals surface area contributed by atoms with Crippen LogP contribution in [0, 0.1) is 6.92 Å². The molecule has 16 heavy (non-hydrogen) atoms. The summed E-state index contributed by atoms with van der Waals surface area (Å²) in [6.45, 7) is 1.85. The van der Waals surface area contributed by atoms with Gasteiger partial charge >= 0.3 is 0 Å². The standard InChI is InChI=1S/C10H13N5O/c1-7-4-12-8(5-11-7)9(16)3-10-13-6-14-15(10)2/h4-6,9,16H,3H2,1-2H3. The van der Waals surface area contributed by atoms with Crippen LogP contribution in [-0.4, -0.2) is 29.8 Å². The van der Waals surface area contributed by atoms with E-state index in [1.807, 2.05) is 6.92 Å². The van der Waals surface area contributed by atoms with Crippen LogP contribution in [0.2, 0.25) is 0 Å². The molecule has 0 spiro atoms. The second kappa shape index (κ2) is 4.36. The molecule has 1 unspecified atom stereocenters. The molecule has 0 saturated carbocycles. The zero-order chi connectivity index (χ0) is 11.5. The summed E-state index contributed by atoms with van der Waals surface area (Å²) < 4.78 is 1.63. The van der Waals surface area contributed by atoms with E-state index in [4.69, 9.17) is 0 Å². The predicted molar refractivity (Wildman–Crippen MR) is 56.4 cm³/mol. The van der Waals surface area contributed by atoms with Crippen molar-refractivity contribution in [3.8, 4) is 0 Å². The molecule has 1 atom stereocenters. The third-order valence-electron chi connectivity index (χ3n) is 2.32. The Morgan fingerprint density at radius 1 is 1.31 bits per heavy atom. The first kappa shape index (κ1) is 10.7. The normalized spacial score (nSPS) is 12.7. The number of nitrogens with zero attached hydrogens (tertiary/aromatic N) is 5. The molecule has 0 saturated heterocycles. The first-order valence-electron chi connectivity index (χ1n) is 4.96. The summed E-state index contributed by atoms with van der Waals surface area (Å²) in [5.74, 6) is 0.717. The minimum atomic E-state index is -0.698. The van der Waals surface area contributed by atoms with Crippen molar-refractivity contribution in [3.05, 3.63) is 35.9 Å². The van der Waals surface area contributed by atoms with Crippen molar-refractivity contribution in [2.75, 3.05) is 0 Å². The Hall–Kier alpha value is -1.82. The van der Waals surface area contributed by atoms with E-state index in [9.17, 15) is 5.11 Å². The molecule has 0 fully saturated rings. The van der Waals surface area contributed by atoms with Crippen molar-refractivity contribution in [2.24, 2.45) is 7.05 Å². The zero-order valence-corrected chi connectivity index (χ0v) is 9.20. The van der Waals surface area contributed by atoms with Crippen molar-refractivity contribution in [3.63, 3.8) is 0 Å². The van der Waals surface area contributed by atoms with Gasteiger partial charge in [-0.25, -0.2) is 4.98 Å². The number of hydrogen-bond donors (Lipinski definition) is 1. The second-order valence-electron chi connectivity index (χ2n) is 3.60. The SMILES string of the molecule is Cc1cnc(C(O)Cc2ncnn2C)cn1. The van der Waals surface area contributed by atoms with Gasteiger partial charge in [-0.3, -0.25) is 14.6 Å². The Balaban J connectivity index is 2.11. The molecule has 2 aromatic heterocycles. The third-order valence-corrected chi connectivity index (χ3v) is 2.32. The lowest BCUT2D eigenvalue weighted by atomic mass is 10.2. The molecular weight excluding hydrogens is 206 g/mol. The quantitative estimate of drug-likeness (QED) is 0.797. The van der Waals surface area contributed by atoms with E-state index < -0.39 is 6.10 Å². The maximum absolute atomic E-state index is 9.92. The summed E-state index contributed by atoms with van der Waals surface area (Å²) in [7, 11) is 1.79. The Kier molecular flexibility index (Phi) is 2.91. The van der Waals surface area contributed by atoms with E-state index >= 15 is 0 Å². The van der Waals surface area contributed by atoms with Crippen molar-refractivity contribution < 1.29 is 5.11 Å². The summed E-state index contributed by atoms with van der Waals surface area (Å²) in [6, 6.07) is 0. The van der Waals surface area contributed by atoms with Crippen molar-refractivity contribution in [1.82, 2.24) is 24.7 Å². The Bertz CT molecular complexity index is 464. The molecule has 84 valence electrons. The average molecular weight is 219 g/mol. The molecule has 0 aliphatic carbocycles. The largest absolute Gasteiger partial charge is 0.386 e. The van der Waals surface area contributed by atoms with Crippen LogP contribution in [0.15, 0.2) is 18.7 Å². The minimum absolute atomic E-state index is 0.383. The van der Waals surface area contributed by atoms with Crippen LogP contribution in [0.4, 0.5) is 0 Å². The van der Waals surface area contributed by atoms with Crippen LogP contribution in [-0.2, 0) is 13.5 Å². The lowest BCUT2D eigenvalue weighted by Gasteiger charge is -2.08. The Morgan fingerprint density at radius 2 is 2.12 bits per heavy atom. The molecule has 6 nitrogen and oxygen atoms in total. The van der Waals surface area contributed by atoms with Crippen molar-refractivity contribution in [2.45, 2.75) is 19.4 Å². The van der Waals surface area contributed by atoms with Crippen LogP contribution in [0.5, 0.6) is 0 Å². The van der Waals surface area contributed by atoms with E-state index in [0.29, 0.717) is 12.1 Å². The first-order valence-corrected chi connectivity index (χ1v) is 4.96. The van der Waals surface area contributed by atoms with E-state index in [-0.39, 0.29) is 0 Å². The average Bonchev–Trinajstić information content (AvgIpc) is 2.65. The molecule has 2 heterocycles. The molecule has 2 aromatic rings. The molecule has 6 heteroatoms. The highest BCUT2D eigenvalue weighted by atomic mass is 16.3. The van der Waals surface area contributed by atoms with Gasteiger partial charge in [0, 0.05) is 19.7 Å². The lowest BCUT2D eigenvalue weighted by molar-refractivity contribution is 0.169. The van der Waals surface area contributed by atoms with Crippen LogP contribution in [0.25, 0.3) is 0 Å². The highest BCUT2D eigenvalue weighted by Gasteiger charge is 2.13. The van der Waals surface area contributed by atoms with Crippen LogP contribution < -0.4 is 0 Å². The number of aryl methyl sites for hydroxylation is 2. The van der Waals surface area contributed by atoms with Gasteiger partial charge in [0.15, 0.2) is 0 Å². The van der Waals surface area contributed by atoms with Crippen molar-refractivity contribution >= 4 is 0 Å². The molecule has 0 radical (unpaired) electrons. The van der Waals surface area contributed by atoms with Crippen LogP contribution >= 0.6 is 0 Å². The Labute approximate surface area is 93.0 Å². The summed E-state index contributed by atoms with van der Waals surface area (Å²) in [5.41, 5.74) is 1.38. The van der Waals surface area contributed by atoms with Gasteiger partial charge in [0.05, 0.1) is 17.6 Å². The summed E-state index contributed by atoms with van der Waals surface area (Å²) in [5, 5.41) is 13.9. The fraction of sp³-hybridized carbons (Fsp3) is 0.400. The molecule has 2 rings (SSSR count). The topological polar surface area (TPSA) is 76.7 Å². The first-order chi connectivity index (χ1) is 7.66. The van der Waals surface area contributed by atoms with Gasteiger partial charge in [-0.15, -0.1) is 0 Å². The fourth-order valence-corrected chi connectivity index (χ4v) is 1.36. The maximum atomic E-state index is 9.92. The van der Waals surface area contributed by atoms with Crippen LogP contribution in [0.3, 0.4) is 0 Å². The molecule has 0 aliphatic rings. The molecule has 0 bridgehead atoms. The summed E-state index contributed by atoms with van der Waals surface area (Å²) in [4.78, 5) is 12.2. The molecule has 0 amide bonds. The number of aliphatic hydroxyl groups is 1. The molecule has 0 aliphatic heterocycles. The van der Waals surface area contributed by atoms with E-state index in [1.165, 1.54) is 6.33 Å². The summed E-state index contributed by atoms with van der Waals surface area (Å²) in [6.07, 6.45) is 4.36. The number of aromatic nitrogens is 5. The van der Waals surface area contributed by atoms with Gasteiger partial charge in [0.25, 0.3) is 0 Å². The van der Waals surface area contributed by atoms with Crippen molar-refractivity contribution in [1.29, 1.82) is 0 Å². The lowest BCUT2D eigenvalue weighted by Crippen LogP contribution is -2.09. The molecular formula is C10H13N5O. The monoisotopic (exact) mass is 219 g/mol. The Morgan fingerprint density at radius 3 is 2.69 bits per heavy atom. The number of rotatable bonds is 3. The van der Waals surface area contributed by atoms with Gasteiger partial charge in [-0.1, -0.05) is 0 Å². The van der Waals surface area contributed by atoms with Gasteiger partial charge in [0.2, 0.25) is 0 Å². The van der Waals surface area contributed by atoms with E-state index in [0.717, 1.165) is 11.5 Å². The smallest absolute Gasteiger partial charge is 0.138 e. The summed E-state index contributed by atoms with van der Waals surface area (Å²) >= 11 is 0.